The van der Waals surface area contributed by atoms with Crippen molar-refractivity contribution in [3.63, 3.8) is 0 Å². The first kappa shape index (κ1) is 26.1. The Morgan fingerprint density at radius 3 is 2.44 bits per heavy atom. The summed E-state index contributed by atoms with van der Waals surface area (Å²) in [5.41, 5.74) is 3.44. The molecule has 0 radical (unpaired) electrons. The summed E-state index contributed by atoms with van der Waals surface area (Å²) in [6.45, 7) is 5.76. The molecule has 0 saturated heterocycles. The second-order valence-electron chi connectivity index (χ2n) is 8.22. The van der Waals surface area contributed by atoms with Gasteiger partial charge in [0.15, 0.2) is 0 Å². The molecule has 3 aromatic rings. The van der Waals surface area contributed by atoms with Gasteiger partial charge in [0.25, 0.3) is 0 Å². The fourth-order valence-corrected chi connectivity index (χ4v) is 4.12. The van der Waals surface area contributed by atoms with Gasteiger partial charge in [-0.3, -0.25) is 14.2 Å². The average Bonchev–Trinajstić information content (AvgIpc) is 3.11. The highest BCUT2D eigenvalue weighted by molar-refractivity contribution is 7.90. The van der Waals surface area contributed by atoms with Crippen molar-refractivity contribution in [3.05, 3.63) is 81.1 Å². The normalized spacial score (nSPS) is 11.6. The van der Waals surface area contributed by atoms with Gasteiger partial charge in [0.2, 0.25) is 15.9 Å². The molecule has 1 aromatic heterocycles. The average molecular weight is 524 g/mol. The van der Waals surface area contributed by atoms with Gasteiger partial charge in [0.1, 0.15) is 12.4 Å². The van der Waals surface area contributed by atoms with Gasteiger partial charge in [0.05, 0.1) is 17.5 Å². The monoisotopic (exact) mass is 523 g/mol. The van der Waals surface area contributed by atoms with Crippen molar-refractivity contribution in [2.45, 2.75) is 52.0 Å². The number of aryl methyl sites for hydroxylation is 2. The number of aromatic nitrogens is 2. The van der Waals surface area contributed by atoms with Gasteiger partial charge in [-0.25, -0.2) is 8.42 Å². The van der Waals surface area contributed by atoms with Crippen LogP contribution in [0.3, 0.4) is 0 Å². The van der Waals surface area contributed by atoms with Crippen molar-refractivity contribution in [2.24, 2.45) is 0 Å². The molecule has 0 unspecified atom stereocenters. The topological polar surface area (TPSA) is 90.3 Å². The van der Waals surface area contributed by atoms with Crippen molar-refractivity contribution in [1.29, 1.82) is 0 Å². The minimum absolute atomic E-state index is 0.0228. The molecule has 1 amide bonds. The van der Waals surface area contributed by atoms with E-state index in [2.05, 4.69) is 9.82 Å². The Kier molecular flexibility index (Phi) is 8.62. The van der Waals surface area contributed by atoms with Crippen LogP contribution in [0.25, 0.3) is 0 Å². The van der Waals surface area contributed by atoms with Crippen molar-refractivity contribution >= 4 is 39.1 Å². The number of sulfonamides is 1. The zero-order valence-corrected chi connectivity index (χ0v) is 21.5. The smallest absolute Gasteiger partial charge is 0.237 e. The summed E-state index contributed by atoms with van der Waals surface area (Å²) in [4.78, 5) is 12.0. The van der Waals surface area contributed by atoms with Crippen LogP contribution in [0.2, 0.25) is 10.0 Å². The lowest BCUT2D eigenvalue weighted by molar-refractivity contribution is -0.119. The maximum atomic E-state index is 12.0. The summed E-state index contributed by atoms with van der Waals surface area (Å²) in [6.07, 6.45) is 0.345. The molecular weight excluding hydrogens is 497 g/mol. The van der Waals surface area contributed by atoms with E-state index in [9.17, 15) is 13.2 Å². The van der Waals surface area contributed by atoms with Crippen LogP contribution in [0.15, 0.2) is 48.5 Å². The highest BCUT2D eigenvalue weighted by Crippen LogP contribution is 2.25. The Hall–Kier alpha value is -2.55. The fraction of sp³-hybridized carbons (Fsp3) is 0.333. The van der Waals surface area contributed by atoms with Gasteiger partial charge < -0.3 is 4.74 Å². The predicted molar refractivity (Wildman–Crippen MR) is 134 cm³/mol. The number of amides is 1. The number of benzene rings is 2. The summed E-state index contributed by atoms with van der Waals surface area (Å²) >= 11 is 12.2. The molecule has 1 N–H and O–H groups in total. The Labute approximate surface area is 210 Å². The van der Waals surface area contributed by atoms with E-state index in [0.29, 0.717) is 41.1 Å². The molecule has 10 heteroatoms. The third-order valence-electron chi connectivity index (χ3n) is 5.17. The van der Waals surface area contributed by atoms with Gasteiger partial charge in [0, 0.05) is 34.1 Å². The zero-order valence-electron chi connectivity index (χ0n) is 19.2. The number of hydrogen-bond acceptors (Lipinski definition) is 5. The number of carbonyl (C=O) groups is 1. The molecule has 7 nitrogen and oxygen atoms in total. The van der Waals surface area contributed by atoms with Gasteiger partial charge in [-0.1, -0.05) is 35.3 Å². The van der Waals surface area contributed by atoms with Crippen LogP contribution < -0.4 is 9.46 Å². The molecule has 34 heavy (non-hydrogen) atoms. The lowest BCUT2D eigenvalue weighted by Gasteiger charge is -2.13. The van der Waals surface area contributed by atoms with Gasteiger partial charge in [-0.2, -0.15) is 5.10 Å². The van der Waals surface area contributed by atoms with E-state index >= 15 is 0 Å². The number of carbonyl (C=O) groups excluding carboxylic acids is 1. The maximum absolute atomic E-state index is 12.0. The van der Waals surface area contributed by atoms with Crippen LogP contribution >= 0.6 is 23.2 Å². The van der Waals surface area contributed by atoms with Crippen LogP contribution in [0.1, 0.15) is 42.8 Å². The first-order valence-corrected chi connectivity index (χ1v) is 13.1. The molecule has 0 aliphatic rings. The number of nitrogens with zero attached hydrogens (tertiary/aromatic N) is 2. The molecule has 0 aliphatic heterocycles. The van der Waals surface area contributed by atoms with Gasteiger partial charge in [-0.15, -0.1) is 0 Å². The number of ether oxygens (including phenoxy) is 1. The summed E-state index contributed by atoms with van der Waals surface area (Å²) in [7, 11) is -3.64. The minimum atomic E-state index is -3.64. The quantitative estimate of drug-likeness (QED) is 0.407. The summed E-state index contributed by atoms with van der Waals surface area (Å²) < 4.78 is 33.6. The van der Waals surface area contributed by atoms with E-state index in [-0.39, 0.29) is 6.42 Å². The molecule has 1 heterocycles. The second-order valence-corrected chi connectivity index (χ2v) is 11.3. The Morgan fingerprint density at radius 2 is 1.76 bits per heavy atom. The van der Waals surface area contributed by atoms with E-state index in [1.807, 2.05) is 49.4 Å². The molecule has 0 aliphatic carbocycles. The highest BCUT2D eigenvalue weighted by Gasteiger charge is 2.19. The number of hydrogen-bond donors (Lipinski definition) is 1. The summed E-state index contributed by atoms with van der Waals surface area (Å²) in [5, 5.41) is 5.16. The van der Waals surface area contributed by atoms with Crippen molar-refractivity contribution in [1.82, 2.24) is 14.5 Å². The predicted octanol–water partition coefficient (Wildman–Crippen LogP) is 4.91. The third-order valence-corrected chi connectivity index (χ3v) is 7.41. The van der Waals surface area contributed by atoms with Crippen molar-refractivity contribution in [2.75, 3.05) is 0 Å². The van der Waals surface area contributed by atoms with Crippen molar-refractivity contribution in [3.8, 4) is 5.75 Å². The molecule has 182 valence electrons. The molecule has 2 aromatic carbocycles. The zero-order chi connectivity index (χ0) is 24.9. The van der Waals surface area contributed by atoms with E-state index in [1.54, 1.807) is 10.7 Å². The van der Waals surface area contributed by atoms with E-state index in [1.165, 1.54) is 13.8 Å². The standard InChI is InChI=1S/C24H27Cl2N3O4S/c1-16(2)34(31,32)28-24(30)11-9-22-12-17(3)29(27-22)14-19-13-21(26)8-10-23(19)33-15-18-4-6-20(25)7-5-18/h4-8,10,12-13,16H,9,11,14-15H2,1-3H3,(H,28,30). The van der Waals surface area contributed by atoms with E-state index in [0.717, 1.165) is 16.8 Å². The van der Waals surface area contributed by atoms with E-state index < -0.39 is 21.2 Å². The summed E-state index contributed by atoms with van der Waals surface area (Å²) in [5.74, 6) is 0.141. The van der Waals surface area contributed by atoms with Crippen LogP contribution in [-0.2, 0) is 34.4 Å². The van der Waals surface area contributed by atoms with Gasteiger partial charge >= 0.3 is 0 Å². The van der Waals surface area contributed by atoms with Crippen molar-refractivity contribution < 1.29 is 17.9 Å². The second kappa shape index (κ2) is 11.3. The molecule has 0 spiro atoms. The van der Waals surface area contributed by atoms with Crippen LogP contribution in [0.4, 0.5) is 0 Å². The SMILES string of the molecule is Cc1cc(CCC(=O)NS(=O)(=O)C(C)C)nn1Cc1cc(Cl)ccc1OCc1ccc(Cl)cc1. The molecular formula is C24H27Cl2N3O4S. The van der Waals surface area contributed by atoms with Gasteiger partial charge in [-0.05, 0) is 62.7 Å². The lowest BCUT2D eigenvalue weighted by atomic mass is 10.2. The van der Waals surface area contributed by atoms with Crippen LogP contribution in [-0.4, -0.2) is 29.4 Å². The molecule has 0 bridgehead atoms. The first-order valence-electron chi connectivity index (χ1n) is 10.8. The number of nitrogens with one attached hydrogen (secondary N) is 1. The number of rotatable bonds is 10. The number of halogens is 2. The van der Waals surface area contributed by atoms with Crippen LogP contribution in [0, 0.1) is 6.92 Å². The minimum Gasteiger partial charge on any atom is -0.489 e. The first-order chi connectivity index (χ1) is 16.0. The molecule has 3 rings (SSSR count). The highest BCUT2D eigenvalue weighted by atomic mass is 35.5. The molecule has 0 atom stereocenters. The summed E-state index contributed by atoms with van der Waals surface area (Å²) in [6, 6.07) is 14.8. The molecule has 0 saturated carbocycles. The Balaban J connectivity index is 1.67. The fourth-order valence-electron chi connectivity index (χ4n) is 3.15. The Bertz CT molecular complexity index is 1260. The third kappa shape index (κ3) is 7.22. The maximum Gasteiger partial charge on any atom is 0.237 e. The lowest BCUT2D eigenvalue weighted by Crippen LogP contribution is -2.35. The largest absolute Gasteiger partial charge is 0.489 e. The Morgan fingerprint density at radius 1 is 1.09 bits per heavy atom. The van der Waals surface area contributed by atoms with E-state index in [4.69, 9.17) is 27.9 Å². The molecule has 0 fully saturated rings. The van der Waals surface area contributed by atoms with Crippen LogP contribution in [0.5, 0.6) is 5.75 Å².